The molecule has 4 aliphatic carbocycles. The fraction of sp³-hybridized carbons (Fsp3) is 0.557. The molecule has 25 heteroatoms. The van der Waals surface area contributed by atoms with E-state index >= 15 is 0 Å². The number of fused-ring (bicyclic) bond motifs is 9. The van der Waals surface area contributed by atoms with E-state index in [1.54, 1.807) is 26.8 Å². The van der Waals surface area contributed by atoms with Gasteiger partial charge in [0.1, 0.15) is 32.2 Å². The summed E-state index contributed by atoms with van der Waals surface area (Å²) in [6.07, 6.45) is 3.44. The average Bonchev–Trinajstić information content (AvgIpc) is 1.44. The molecule has 0 amide bonds. The molecule has 22 nitrogen and oxygen atoms in total. The van der Waals surface area contributed by atoms with Crippen molar-refractivity contribution < 1.29 is 88.4 Å². The fourth-order valence-electron chi connectivity index (χ4n) is 17.0. The van der Waals surface area contributed by atoms with Crippen molar-refractivity contribution in [3.63, 3.8) is 0 Å². The topological polar surface area (TPSA) is 352 Å². The zero-order valence-electron chi connectivity index (χ0n) is 48.9. The van der Waals surface area contributed by atoms with Crippen molar-refractivity contribution in [2.45, 2.75) is 167 Å². The van der Waals surface area contributed by atoms with Crippen molar-refractivity contribution in [1.29, 1.82) is 0 Å². The molecule has 5 aromatic rings. The number of hydrogen-bond donors (Lipinski definition) is 10. The zero-order valence-corrected chi connectivity index (χ0v) is 51.3. The zero-order chi connectivity index (χ0) is 62.8. The molecule has 5 heterocycles. The number of ether oxygens (including phenoxy) is 2. The average molecular weight is 1250 g/mol. The second-order valence-corrected chi connectivity index (χ2v) is 29.4. The summed E-state index contributed by atoms with van der Waals surface area (Å²) in [4.78, 5) is 16.5. The van der Waals surface area contributed by atoms with Gasteiger partial charge in [0.2, 0.25) is 5.79 Å². The van der Waals surface area contributed by atoms with E-state index in [1.807, 2.05) is 6.92 Å². The Balaban J connectivity index is 0.000000154. The Labute approximate surface area is 501 Å². The summed E-state index contributed by atoms with van der Waals surface area (Å²) in [6, 6.07) is 26.8. The Hall–Kier alpha value is -4.78. The van der Waals surface area contributed by atoms with E-state index in [9.17, 15) is 52.3 Å². The summed E-state index contributed by atoms with van der Waals surface area (Å²) in [7, 11) is -11.4. The highest BCUT2D eigenvalue weighted by molar-refractivity contribution is 7.86. The Bertz CT molecular complexity index is 3750. The van der Waals surface area contributed by atoms with Crippen molar-refractivity contribution in [3.05, 3.63) is 119 Å². The van der Waals surface area contributed by atoms with Gasteiger partial charge in [0.25, 0.3) is 20.2 Å². The third kappa shape index (κ3) is 10.5. The first-order chi connectivity index (χ1) is 40.0. The molecule has 8 aliphatic rings. The summed E-state index contributed by atoms with van der Waals surface area (Å²) in [5.41, 5.74) is -3.16. The predicted octanol–water partition coefficient (Wildman–Crippen LogP) is 5.35. The van der Waals surface area contributed by atoms with E-state index in [1.165, 1.54) is 52.0 Å². The maximum absolute atomic E-state index is 12.9. The van der Waals surface area contributed by atoms with E-state index in [2.05, 4.69) is 82.9 Å². The highest BCUT2D eigenvalue weighted by Crippen LogP contribution is 2.78. The summed E-state index contributed by atoms with van der Waals surface area (Å²) >= 11 is 0. The minimum Gasteiger partial charge on any atom is -0.453 e. The van der Waals surface area contributed by atoms with Crippen molar-refractivity contribution in [2.75, 3.05) is 26.7 Å². The molecule has 3 saturated heterocycles. The summed E-state index contributed by atoms with van der Waals surface area (Å²) in [5.74, 6) is -4.05. The largest absolute Gasteiger partial charge is 0.453 e. The van der Waals surface area contributed by atoms with Gasteiger partial charge in [-0.2, -0.15) is 25.3 Å². The molecule has 4 aliphatic heterocycles. The number of benzene rings is 4. The minimum atomic E-state index is -4.67. The van der Waals surface area contributed by atoms with Crippen LogP contribution in [0.4, 0.5) is 0 Å². The Morgan fingerprint density at radius 1 is 0.733 bits per heavy atom. The first kappa shape index (κ1) is 64.2. The van der Waals surface area contributed by atoms with Crippen LogP contribution in [-0.2, 0) is 64.4 Å². The molecule has 1 aromatic heterocycles. The highest BCUT2D eigenvalue weighted by Gasteiger charge is 2.89. The molecular formula is C61H79N3O19S3. The fourth-order valence-corrected chi connectivity index (χ4v) is 18.4. The van der Waals surface area contributed by atoms with Crippen LogP contribution in [0, 0.1) is 29.1 Å². The lowest BCUT2D eigenvalue weighted by molar-refractivity contribution is -0.354. The van der Waals surface area contributed by atoms with Crippen LogP contribution < -0.4 is 0 Å². The number of esters is 1. The minimum absolute atomic E-state index is 0.0233. The second kappa shape index (κ2) is 22.3. The summed E-state index contributed by atoms with van der Waals surface area (Å²) in [6.45, 7) is 13.3. The van der Waals surface area contributed by atoms with Crippen LogP contribution >= 0.6 is 0 Å². The number of rotatable bonds is 6. The van der Waals surface area contributed by atoms with Crippen molar-refractivity contribution in [1.82, 2.24) is 14.4 Å². The number of piperidine rings is 2. The Morgan fingerprint density at radius 3 is 1.92 bits per heavy atom. The number of aromatic nitrogens is 1. The first-order valence-electron chi connectivity index (χ1n) is 29.1. The SMILES string of the molecule is CC=C(C)C(=O)OC1CCC2(C)C3CCC4C5(O)CC(O)C6(O)C(CN7CC(C)CCC7C6(C)O)C5(O)CC42OC13O.CN1CCc2c(c3ccccc3n2Cc2ccccc2)C1.O=S(=O)(O)O.O=S(=O)(O)c1cccc2c(S(=O)(=O)O)cccc12. The maximum Gasteiger partial charge on any atom is 0.394 e. The molecular weight excluding hydrogens is 1170 g/mol. The summed E-state index contributed by atoms with van der Waals surface area (Å²) in [5, 5.41) is 75.4. The predicted molar refractivity (Wildman–Crippen MR) is 315 cm³/mol. The van der Waals surface area contributed by atoms with Crippen LogP contribution in [0.1, 0.15) is 103 Å². The van der Waals surface area contributed by atoms with Gasteiger partial charge in [-0.15, -0.1) is 0 Å². The number of nitrogens with zero attached hydrogens (tertiary/aromatic N) is 3. The molecule has 14 atom stereocenters. The van der Waals surface area contributed by atoms with Gasteiger partial charge in [-0.3, -0.25) is 23.1 Å². The standard InChI is InChI=1S/C32H49NO9.C19H20N2.C10H8O6S2.H2O4S/c1-6-18(3)25(35)41-24-11-12-26(4)19-8-9-20-28(37)13-23(34)31(39)21(29(28,38)16-30(20,26)42-32(19,24)40)15-33-14-17(2)7-10-22(33)27(31,5)36;1-20-12-11-19-17(14-20)16-9-5-6-10-18(16)21(19)13-15-7-3-2-4-8-15;11-17(12,13)9-5-1-3-7-8(9)4-2-6-10(7)18(14,15)16;1-5(2,3)4/h6,17,19-24,34,36-40H,7-16H2,1-5H3;2-10H,11-14H2,1H3;1-6H,(H,11,12,13)(H,14,15,16);(H2,1,2,3,4). The van der Waals surface area contributed by atoms with Crippen molar-refractivity contribution >= 4 is 58.3 Å². The number of para-hydroxylation sites is 1. The lowest BCUT2D eigenvalue weighted by Gasteiger charge is -2.68. The lowest BCUT2D eigenvalue weighted by atomic mass is 9.49. The van der Waals surface area contributed by atoms with Gasteiger partial charge in [-0.05, 0) is 102 Å². The van der Waals surface area contributed by atoms with Crippen LogP contribution in [0.3, 0.4) is 0 Å². The van der Waals surface area contributed by atoms with Crippen LogP contribution in [0.5, 0.6) is 0 Å². The number of allylic oxidation sites excluding steroid dienone is 1. The number of carbonyl (C=O) groups is 1. The van der Waals surface area contributed by atoms with Crippen LogP contribution in [0.15, 0.2) is 112 Å². The highest BCUT2D eigenvalue weighted by atomic mass is 32.3. The molecule has 14 unspecified atom stereocenters. The molecule has 4 aromatic carbocycles. The summed E-state index contributed by atoms with van der Waals surface area (Å²) < 4.78 is 109. The number of carbonyl (C=O) groups excluding carboxylic acids is 1. The quantitative estimate of drug-likeness (QED) is 0.0582. The van der Waals surface area contributed by atoms with Gasteiger partial charge in [0.05, 0.1) is 11.7 Å². The van der Waals surface area contributed by atoms with E-state index in [4.69, 9.17) is 36.1 Å². The molecule has 4 saturated carbocycles. The van der Waals surface area contributed by atoms with E-state index in [0.717, 1.165) is 44.6 Å². The monoisotopic (exact) mass is 1250 g/mol. The molecule has 1 spiro atoms. The molecule has 10 N–H and O–H groups in total. The van der Waals surface area contributed by atoms with Crippen LogP contribution in [0.25, 0.3) is 21.7 Å². The van der Waals surface area contributed by atoms with E-state index < -0.39 is 116 Å². The van der Waals surface area contributed by atoms with Gasteiger partial charge in [-0.1, -0.05) is 92.7 Å². The smallest absolute Gasteiger partial charge is 0.394 e. The third-order valence-corrected chi connectivity index (χ3v) is 22.8. The number of likely N-dealkylation sites (N-methyl/N-ethyl adjacent to an activating group) is 1. The Morgan fingerprint density at radius 2 is 1.31 bits per heavy atom. The van der Waals surface area contributed by atoms with Gasteiger partial charge >= 0.3 is 16.4 Å². The molecule has 7 fully saturated rings. The molecule has 86 heavy (non-hydrogen) atoms. The van der Waals surface area contributed by atoms with E-state index in [-0.39, 0.29) is 36.2 Å². The lowest BCUT2D eigenvalue weighted by Crippen LogP contribution is -2.85. The number of hydrogen-bond acceptors (Lipinski definition) is 17. The van der Waals surface area contributed by atoms with Gasteiger partial charge < -0.3 is 49.6 Å². The molecule has 470 valence electrons. The first-order valence-corrected chi connectivity index (χ1v) is 33.3. The molecule has 13 rings (SSSR count). The number of aliphatic hydroxyl groups excluding tert-OH is 1. The second-order valence-electron chi connectivity index (χ2n) is 25.7. The number of aliphatic hydroxyl groups is 6. The van der Waals surface area contributed by atoms with Crippen molar-refractivity contribution in [2.24, 2.45) is 29.1 Å². The van der Waals surface area contributed by atoms with Gasteiger partial charge in [0, 0.05) is 114 Å². The van der Waals surface area contributed by atoms with Crippen LogP contribution in [0.2, 0.25) is 0 Å². The van der Waals surface area contributed by atoms with Gasteiger partial charge in [-0.25, -0.2) is 4.79 Å². The maximum atomic E-state index is 12.9. The molecule has 0 radical (unpaired) electrons. The van der Waals surface area contributed by atoms with Crippen molar-refractivity contribution in [3.8, 4) is 0 Å². The van der Waals surface area contributed by atoms with E-state index in [0.29, 0.717) is 50.1 Å². The third-order valence-electron chi connectivity index (χ3n) is 21.0. The Kier molecular flexibility index (Phi) is 16.7. The van der Waals surface area contributed by atoms with Crippen LogP contribution in [-0.4, -0.2) is 173 Å². The molecule has 4 bridgehead atoms. The van der Waals surface area contributed by atoms with Gasteiger partial charge in [0.15, 0.2) is 6.10 Å². The normalized spacial score (nSPS) is 36.5.